The van der Waals surface area contributed by atoms with Crippen molar-refractivity contribution in [2.45, 2.75) is 0 Å². The van der Waals surface area contributed by atoms with Crippen molar-refractivity contribution in [2.24, 2.45) is 0 Å². The Morgan fingerprint density at radius 1 is 0.263 bits per heavy atom. The summed E-state index contributed by atoms with van der Waals surface area (Å²) in [6.45, 7) is 0. The maximum atomic E-state index is 8.42. The van der Waals surface area contributed by atoms with Crippen molar-refractivity contribution in [3.63, 3.8) is 0 Å². The standard InChI is InChI=1S/4BO3.3Ca/c4*2-1(3)4;;;/q4*-3;3*+2. The van der Waals surface area contributed by atoms with Gasteiger partial charge in [0.2, 0.25) is 0 Å². The second-order valence-electron chi connectivity index (χ2n) is 1.15. The van der Waals surface area contributed by atoms with Gasteiger partial charge in [0.05, 0.1) is 0 Å². The molecule has 0 spiro atoms. The predicted molar refractivity (Wildman–Crippen MR) is 40.3 cm³/mol. The van der Waals surface area contributed by atoms with Gasteiger partial charge in [-0.1, -0.05) is 0 Å². The summed E-state index contributed by atoms with van der Waals surface area (Å²) in [5, 5.41) is 101. The van der Waals surface area contributed by atoms with E-state index in [1.165, 1.54) is 0 Å². The van der Waals surface area contributed by atoms with Gasteiger partial charge in [0.25, 0.3) is 0 Å². The normalized spacial score (nSPS) is 5.68. The van der Waals surface area contributed by atoms with E-state index >= 15 is 0 Å². The summed E-state index contributed by atoms with van der Waals surface area (Å²) < 4.78 is 0. The maximum Gasteiger partial charge on any atom is 2.00 e. The molecule has 0 unspecified atom stereocenters. The van der Waals surface area contributed by atoms with Crippen molar-refractivity contribution in [2.75, 3.05) is 0 Å². The predicted octanol–water partition coefficient (Wildman–Crippen LogP) is -16.9. The molecule has 0 aromatic rings. The van der Waals surface area contributed by atoms with Crippen LogP contribution in [-0.4, -0.2) is 142 Å². The Hall–Kier alpha value is 3.56. The number of rotatable bonds is 0. The van der Waals surface area contributed by atoms with Gasteiger partial charge in [0.15, 0.2) is 0 Å². The molecule has 0 amide bonds. The third kappa shape index (κ3) is 651. The number of hydrogen-bond acceptors (Lipinski definition) is 12. The van der Waals surface area contributed by atoms with Gasteiger partial charge in [-0.25, -0.2) is 0 Å². The third-order valence-corrected chi connectivity index (χ3v) is 0. The minimum atomic E-state index is -2.92. The van der Waals surface area contributed by atoms with Crippen LogP contribution in [0.4, 0.5) is 0 Å². The second-order valence-corrected chi connectivity index (χ2v) is 1.15. The SMILES string of the molecule is [Ca+2].[Ca+2].[Ca+2].[O-]B([O-])[O-].[O-]B([O-])[O-].[O-]B([O-])[O-].[O-]B([O-])[O-]. The van der Waals surface area contributed by atoms with E-state index in [1.54, 1.807) is 0 Å². The second kappa shape index (κ2) is 37.6. The van der Waals surface area contributed by atoms with Crippen LogP contribution in [0.5, 0.6) is 0 Å². The minimum Gasteiger partial charge on any atom is -0.907 e. The molecule has 0 N–H and O–H groups in total. The molecule has 0 saturated carbocycles. The molecule has 96 valence electrons. The van der Waals surface area contributed by atoms with E-state index in [4.69, 9.17) is 60.3 Å². The fourth-order valence-electron chi connectivity index (χ4n) is 0. The Kier molecular flexibility index (Phi) is 85.8. The van der Waals surface area contributed by atoms with Crippen molar-refractivity contribution in [1.82, 2.24) is 0 Å². The van der Waals surface area contributed by atoms with Gasteiger partial charge in [-0.3, -0.25) is 29.3 Å². The van der Waals surface area contributed by atoms with Gasteiger partial charge in [-0.15, -0.1) is 0 Å². The molecular weight excluding hydrogens is 355 g/mol. The Bertz CT molecular complexity index is 68.0. The summed E-state index contributed by atoms with van der Waals surface area (Å²) in [5.74, 6) is 0. The molecule has 0 bridgehead atoms. The van der Waals surface area contributed by atoms with Crippen LogP contribution in [0.2, 0.25) is 0 Å². The number of hydrogen-bond donors (Lipinski definition) is 0. The molecule has 0 saturated heterocycles. The topological polar surface area (TPSA) is 277 Å². The summed E-state index contributed by atoms with van der Waals surface area (Å²) in [7, 11) is -11.7. The van der Waals surface area contributed by atoms with E-state index in [-0.39, 0.29) is 113 Å². The van der Waals surface area contributed by atoms with E-state index < -0.39 is 29.3 Å². The molecule has 0 aliphatic heterocycles. The quantitative estimate of drug-likeness (QED) is 0.366. The average molecular weight is 355 g/mol. The Morgan fingerprint density at radius 2 is 0.263 bits per heavy atom. The molecule has 0 aliphatic carbocycles. The molecule has 0 aromatic heterocycles. The Morgan fingerprint density at radius 3 is 0.263 bits per heavy atom. The Labute approximate surface area is 199 Å². The first kappa shape index (κ1) is 43.3. The molecule has 19 heteroatoms. The fraction of sp³-hybridized carbons (Fsp3) is 0. The van der Waals surface area contributed by atoms with Gasteiger partial charge < -0.3 is 60.3 Å². The summed E-state index contributed by atoms with van der Waals surface area (Å²) in [4.78, 5) is 0. The minimum absolute atomic E-state index is 0. The molecule has 0 aromatic carbocycles. The fourth-order valence-corrected chi connectivity index (χ4v) is 0. The van der Waals surface area contributed by atoms with Crippen LogP contribution in [0.25, 0.3) is 0 Å². The molecule has 12 nitrogen and oxygen atoms in total. The van der Waals surface area contributed by atoms with E-state index in [0.717, 1.165) is 0 Å². The first-order valence-corrected chi connectivity index (χ1v) is 2.83. The first-order chi connectivity index (χ1) is 6.93. The summed E-state index contributed by atoms with van der Waals surface area (Å²) in [6, 6.07) is 0. The summed E-state index contributed by atoms with van der Waals surface area (Å²) in [6.07, 6.45) is 0. The molecule has 0 rings (SSSR count). The van der Waals surface area contributed by atoms with Crippen LogP contribution in [-0.2, 0) is 0 Å². The van der Waals surface area contributed by atoms with E-state index in [0.29, 0.717) is 0 Å². The summed E-state index contributed by atoms with van der Waals surface area (Å²) >= 11 is 0. The van der Waals surface area contributed by atoms with Crippen LogP contribution in [0, 0.1) is 0 Å². The van der Waals surface area contributed by atoms with Crippen LogP contribution >= 0.6 is 0 Å². The zero-order chi connectivity index (χ0) is 14.3. The first-order valence-electron chi connectivity index (χ1n) is 2.83. The van der Waals surface area contributed by atoms with E-state index in [9.17, 15) is 0 Å². The van der Waals surface area contributed by atoms with E-state index in [1.807, 2.05) is 0 Å². The average Bonchev–Trinajstić information content (AvgIpc) is 1.76. The molecular formula is B4Ca3O12-6. The van der Waals surface area contributed by atoms with Gasteiger partial charge in [0, 0.05) is 0 Å². The van der Waals surface area contributed by atoms with Gasteiger partial charge in [-0.05, 0) is 0 Å². The van der Waals surface area contributed by atoms with Crippen molar-refractivity contribution in [3.8, 4) is 0 Å². The van der Waals surface area contributed by atoms with Gasteiger partial charge in [0.1, 0.15) is 0 Å². The van der Waals surface area contributed by atoms with Crippen molar-refractivity contribution in [3.05, 3.63) is 0 Å². The molecule has 19 heavy (non-hydrogen) atoms. The van der Waals surface area contributed by atoms with Crippen LogP contribution in [0.3, 0.4) is 0 Å². The zero-order valence-electron chi connectivity index (χ0n) is 9.33. The van der Waals surface area contributed by atoms with Crippen molar-refractivity contribution >= 4 is 142 Å². The van der Waals surface area contributed by atoms with Crippen molar-refractivity contribution in [1.29, 1.82) is 0 Å². The largest absolute Gasteiger partial charge is 2.00 e. The van der Waals surface area contributed by atoms with Crippen molar-refractivity contribution < 1.29 is 60.3 Å². The van der Waals surface area contributed by atoms with Crippen LogP contribution in [0.1, 0.15) is 0 Å². The molecule has 0 atom stereocenters. The summed E-state index contributed by atoms with van der Waals surface area (Å²) in [5.41, 5.74) is 0. The smallest absolute Gasteiger partial charge is 0.907 e. The van der Waals surface area contributed by atoms with Crippen LogP contribution in [0.15, 0.2) is 0 Å². The maximum absolute atomic E-state index is 8.42. The molecule has 0 fully saturated rings. The van der Waals surface area contributed by atoms with Gasteiger partial charge >= 0.3 is 113 Å². The zero-order valence-corrected chi connectivity index (χ0v) is 16.0. The third-order valence-electron chi connectivity index (χ3n) is 0. The van der Waals surface area contributed by atoms with Gasteiger partial charge in [-0.2, -0.15) is 0 Å². The Balaban J connectivity index is -0.0000000192. The monoisotopic (exact) mass is 356 g/mol. The molecule has 0 aliphatic rings. The van der Waals surface area contributed by atoms with Crippen LogP contribution < -0.4 is 60.3 Å². The van der Waals surface area contributed by atoms with E-state index in [2.05, 4.69) is 0 Å². The molecule has 0 heterocycles. The molecule has 0 radical (unpaired) electrons.